The highest BCUT2D eigenvalue weighted by Crippen LogP contribution is 2.26. The van der Waals surface area contributed by atoms with Crippen molar-refractivity contribution >= 4 is 38.1 Å². The molecule has 0 saturated carbocycles. The van der Waals surface area contributed by atoms with Gasteiger partial charge in [-0.1, -0.05) is 11.6 Å². The fourth-order valence-corrected chi connectivity index (χ4v) is 2.75. The van der Waals surface area contributed by atoms with Crippen molar-refractivity contribution in [3.05, 3.63) is 22.7 Å². The van der Waals surface area contributed by atoms with Gasteiger partial charge in [0.15, 0.2) is 6.29 Å². The Morgan fingerprint density at radius 2 is 1.59 bits per heavy atom. The normalized spacial score (nSPS) is 12.4. The van der Waals surface area contributed by atoms with Crippen molar-refractivity contribution in [3.8, 4) is 0 Å². The lowest BCUT2D eigenvalue weighted by molar-refractivity contribution is 0.112. The largest absolute Gasteiger partial charge is 0.298 e. The lowest BCUT2D eigenvalue weighted by Gasteiger charge is -2.06. The van der Waals surface area contributed by atoms with Gasteiger partial charge >= 0.3 is 0 Å². The molecule has 0 atom stereocenters. The molecule has 94 valence electrons. The van der Waals surface area contributed by atoms with Gasteiger partial charge in [0.25, 0.3) is 20.2 Å². The SMILES string of the molecule is O=Cc1c(Cl)cc(S(=O)(=O)O)cc1S(=O)(=O)O. The Morgan fingerprint density at radius 1 is 1.06 bits per heavy atom. The highest BCUT2D eigenvalue weighted by Gasteiger charge is 2.23. The van der Waals surface area contributed by atoms with Gasteiger partial charge in [-0.15, -0.1) is 0 Å². The van der Waals surface area contributed by atoms with Crippen molar-refractivity contribution in [2.75, 3.05) is 0 Å². The van der Waals surface area contributed by atoms with Gasteiger partial charge in [0.05, 0.1) is 15.5 Å². The number of carbonyl (C=O) groups is 1. The minimum atomic E-state index is -4.84. The van der Waals surface area contributed by atoms with Gasteiger partial charge in [-0.3, -0.25) is 13.9 Å². The Labute approximate surface area is 102 Å². The predicted molar refractivity (Wildman–Crippen MR) is 56.5 cm³/mol. The highest BCUT2D eigenvalue weighted by atomic mass is 35.5. The number of hydrogen-bond donors (Lipinski definition) is 2. The first-order valence-corrected chi connectivity index (χ1v) is 7.07. The summed E-state index contributed by atoms with van der Waals surface area (Å²) in [6, 6.07) is 1.12. The summed E-state index contributed by atoms with van der Waals surface area (Å²) in [5, 5.41) is -0.525. The lowest BCUT2D eigenvalue weighted by atomic mass is 10.2. The Hall–Kier alpha value is -1.00. The van der Waals surface area contributed by atoms with Crippen molar-refractivity contribution < 1.29 is 30.7 Å². The van der Waals surface area contributed by atoms with E-state index in [2.05, 4.69) is 0 Å². The maximum atomic E-state index is 10.9. The smallest absolute Gasteiger partial charge is 0.295 e. The van der Waals surface area contributed by atoms with Crippen molar-refractivity contribution in [2.45, 2.75) is 9.79 Å². The molecule has 0 unspecified atom stereocenters. The maximum absolute atomic E-state index is 10.9. The summed E-state index contributed by atoms with van der Waals surface area (Å²) < 4.78 is 60.9. The molecular weight excluding hydrogens is 296 g/mol. The van der Waals surface area contributed by atoms with E-state index < -0.39 is 40.6 Å². The second-order valence-corrected chi connectivity index (χ2v) is 6.10. The molecule has 0 saturated heterocycles. The van der Waals surface area contributed by atoms with Crippen LogP contribution in [0.15, 0.2) is 21.9 Å². The van der Waals surface area contributed by atoms with Crippen LogP contribution in [0.3, 0.4) is 0 Å². The van der Waals surface area contributed by atoms with Crippen molar-refractivity contribution in [3.63, 3.8) is 0 Å². The third-order valence-corrected chi connectivity index (χ3v) is 3.80. The summed E-state index contributed by atoms with van der Waals surface area (Å²) in [5.74, 6) is 0. The zero-order chi connectivity index (χ0) is 13.4. The number of hydrogen-bond acceptors (Lipinski definition) is 5. The molecule has 0 spiro atoms. The quantitative estimate of drug-likeness (QED) is 0.619. The molecule has 0 aliphatic carbocycles. The molecule has 1 rings (SSSR count). The van der Waals surface area contributed by atoms with Crippen LogP contribution in [0.4, 0.5) is 0 Å². The van der Waals surface area contributed by atoms with Crippen LogP contribution >= 0.6 is 11.6 Å². The van der Waals surface area contributed by atoms with Crippen LogP contribution in [0.25, 0.3) is 0 Å². The minimum Gasteiger partial charge on any atom is -0.298 e. The van der Waals surface area contributed by atoms with E-state index in [4.69, 9.17) is 20.7 Å². The zero-order valence-corrected chi connectivity index (χ0v) is 10.3. The third-order valence-electron chi connectivity index (χ3n) is 1.76. The van der Waals surface area contributed by atoms with Gasteiger partial charge in [-0.05, 0) is 12.1 Å². The van der Waals surface area contributed by atoms with Gasteiger partial charge in [0.1, 0.15) is 4.90 Å². The number of benzene rings is 1. The van der Waals surface area contributed by atoms with Crippen LogP contribution in [0.5, 0.6) is 0 Å². The van der Waals surface area contributed by atoms with Crippen LogP contribution < -0.4 is 0 Å². The molecule has 0 fully saturated rings. The van der Waals surface area contributed by atoms with Crippen LogP contribution in [-0.4, -0.2) is 32.2 Å². The molecule has 0 aromatic heterocycles. The monoisotopic (exact) mass is 300 g/mol. The van der Waals surface area contributed by atoms with Gasteiger partial charge in [-0.2, -0.15) is 16.8 Å². The number of rotatable bonds is 3. The lowest BCUT2D eigenvalue weighted by Crippen LogP contribution is -2.07. The molecular formula is C7H5ClO7S2. The Balaban J connectivity index is 3.81. The fourth-order valence-electron chi connectivity index (χ4n) is 1.05. The summed E-state index contributed by atoms with van der Waals surface area (Å²) in [5.41, 5.74) is -0.596. The van der Waals surface area contributed by atoms with Crippen LogP contribution in [-0.2, 0) is 20.2 Å². The minimum absolute atomic E-state index is 0.0409. The van der Waals surface area contributed by atoms with Crippen LogP contribution in [0.2, 0.25) is 5.02 Å². The number of carbonyl (C=O) groups excluding carboxylic acids is 1. The second-order valence-electron chi connectivity index (χ2n) is 2.88. The van der Waals surface area contributed by atoms with E-state index in [-0.39, 0.29) is 6.29 Å². The number of halogens is 1. The molecule has 0 heterocycles. The summed E-state index contributed by atoms with van der Waals surface area (Å²) in [6.07, 6.45) is 0.0409. The van der Waals surface area contributed by atoms with E-state index in [1.165, 1.54) is 0 Å². The van der Waals surface area contributed by atoms with Crippen LogP contribution in [0.1, 0.15) is 10.4 Å². The number of aldehydes is 1. The topological polar surface area (TPSA) is 126 Å². The average Bonchev–Trinajstić information content (AvgIpc) is 2.13. The van der Waals surface area contributed by atoms with E-state index >= 15 is 0 Å². The van der Waals surface area contributed by atoms with E-state index in [0.29, 0.717) is 12.1 Å². The average molecular weight is 301 g/mol. The van der Waals surface area contributed by atoms with E-state index in [0.717, 1.165) is 0 Å². The summed E-state index contributed by atoms with van der Waals surface area (Å²) in [4.78, 5) is 8.74. The van der Waals surface area contributed by atoms with Crippen LogP contribution in [0, 0.1) is 0 Å². The predicted octanol–water partition coefficient (Wildman–Crippen LogP) is 0.646. The van der Waals surface area contributed by atoms with E-state index in [9.17, 15) is 21.6 Å². The molecule has 2 N–H and O–H groups in total. The maximum Gasteiger partial charge on any atom is 0.295 e. The first-order valence-electron chi connectivity index (χ1n) is 3.81. The molecule has 0 amide bonds. The molecule has 0 aliphatic heterocycles. The van der Waals surface area contributed by atoms with Gasteiger partial charge < -0.3 is 0 Å². The molecule has 1 aromatic rings. The van der Waals surface area contributed by atoms with Gasteiger partial charge in [-0.25, -0.2) is 0 Å². The molecule has 0 bridgehead atoms. The Bertz CT molecular complexity index is 674. The molecule has 10 heteroatoms. The third kappa shape index (κ3) is 3.01. The summed E-state index contributed by atoms with van der Waals surface area (Å²) >= 11 is 5.46. The molecule has 0 radical (unpaired) electrons. The van der Waals surface area contributed by atoms with Crippen molar-refractivity contribution in [1.82, 2.24) is 0 Å². The molecule has 17 heavy (non-hydrogen) atoms. The standard InChI is InChI=1S/C7H5ClO7S2/c8-6-1-4(16(10,11)12)2-7(5(6)3-9)17(13,14)15/h1-3H,(H,10,11,12)(H,13,14,15). The fraction of sp³-hybridized carbons (Fsp3) is 0. The Kier molecular flexibility index (Phi) is 3.60. The first-order chi connectivity index (χ1) is 7.57. The van der Waals surface area contributed by atoms with Gasteiger partial charge in [0.2, 0.25) is 0 Å². The first kappa shape index (κ1) is 14.1. The van der Waals surface area contributed by atoms with Gasteiger partial charge in [0, 0.05) is 0 Å². The second kappa shape index (κ2) is 4.35. The Morgan fingerprint density at radius 3 is 1.94 bits per heavy atom. The highest BCUT2D eigenvalue weighted by molar-refractivity contribution is 7.86. The van der Waals surface area contributed by atoms with Crippen molar-refractivity contribution in [1.29, 1.82) is 0 Å². The van der Waals surface area contributed by atoms with Crippen molar-refractivity contribution in [2.24, 2.45) is 0 Å². The van der Waals surface area contributed by atoms with E-state index in [1.54, 1.807) is 0 Å². The summed E-state index contributed by atoms with van der Waals surface area (Å²) in [7, 11) is -9.55. The zero-order valence-electron chi connectivity index (χ0n) is 7.86. The molecule has 1 aromatic carbocycles. The summed E-state index contributed by atoms with van der Waals surface area (Å²) in [6.45, 7) is 0. The molecule has 0 aliphatic rings. The van der Waals surface area contributed by atoms with E-state index in [1.807, 2.05) is 0 Å². The molecule has 7 nitrogen and oxygen atoms in total.